The van der Waals surface area contributed by atoms with Crippen LogP contribution in [0.3, 0.4) is 0 Å². The summed E-state index contributed by atoms with van der Waals surface area (Å²) < 4.78 is 1.07. The number of hydrogen-bond acceptors (Lipinski definition) is 4. The largest absolute Gasteiger partial charge is 0.308 e. The minimum absolute atomic E-state index is 0.230. The molecule has 0 fully saturated rings. The van der Waals surface area contributed by atoms with Gasteiger partial charge in [-0.1, -0.05) is 29.5 Å². The van der Waals surface area contributed by atoms with Crippen molar-refractivity contribution in [2.24, 2.45) is 0 Å². The lowest BCUT2D eigenvalue weighted by Crippen LogP contribution is -2.34. The van der Waals surface area contributed by atoms with Crippen molar-refractivity contribution >= 4 is 49.9 Å². The zero-order chi connectivity index (χ0) is 16.4. The Morgan fingerprint density at radius 3 is 2.65 bits per heavy atom. The molecule has 2 N–H and O–H groups in total. The van der Waals surface area contributed by atoms with Crippen molar-refractivity contribution in [1.29, 1.82) is 0 Å². The van der Waals surface area contributed by atoms with Gasteiger partial charge >= 0.3 is 0 Å². The van der Waals surface area contributed by atoms with Crippen molar-refractivity contribution in [3.05, 3.63) is 59.2 Å². The number of para-hydroxylation sites is 1. The number of amides is 1. The Balaban J connectivity index is 1.68. The van der Waals surface area contributed by atoms with Crippen LogP contribution in [0.25, 0.3) is 10.2 Å². The second-order valence-corrected chi connectivity index (χ2v) is 6.63. The molecule has 6 heteroatoms. The highest BCUT2D eigenvalue weighted by Gasteiger charge is 2.10. The molecule has 3 rings (SSSR count). The summed E-state index contributed by atoms with van der Waals surface area (Å²) in [6.07, 6.45) is 0. The van der Waals surface area contributed by atoms with Gasteiger partial charge in [-0.05, 0) is 61.5 Å². The number of fused-ring (bicyclic) bond motifs is 1. The summed E-state index contributed by atoms with van der Waals surface area (Å²) in [6, 6.07) is 13.4. The molecule has 4 nitrogen and oxygen atoms in total. The van der Waals surface area contributed by atoms with Crippen molar-refractivity contribution in [3.8, 4) is 0 Å². The van der Waals surface area contributed by atoms with Crippen LogP contribution in [0.4, 0.5) is 5.13 Å². The van der Waals surface area contributed by atoms with Crippen LogP contribution in [0.5, 0.6) is 0 Å². The van der Waals surface area contributed by atoms with Crippen LogP contribution < -0.4 is 10.6 Å². The lowest BCUT2D eigenvalue weighted by Gasteiger charge is -2.08. The molecule has 0 aliphatic heterocycles. The van der Waals surface area contributed by atoms with E-state index in [1.54, 1.807) is 6.07 Å². The van der Waals surface area contributed by atoms with E-state index in [1.807, 2.05) is 50.2 Å². The SMILES string of the molecule is Cc1ccc(C(=O)NC(=S)Nc2nc3ccccc3s2)cc1C. The Morgan fingerprint density at radius 1 is 1.13 bits per heavy atom. The topological polar surface area (TPSA) is 54.0 Å². The smallest absolute Gasteiger partial charge is 0.257 e. The van der Waals surface area contributed by atoms with Gasteiger partial charge in [0.25, 0.3) is 5.91 Å². The van der Waals surface area contributed by atoms with Gasteiger partial charge in [-0.25, -0.2) is 4.98 Å². The first-order chi connectivity index (χ1) is 11.0. The highest BCUT2D eigenvalue weighted by Crippen LogP contribution is 2.25. The lowest BCUT2D eigenvalue weighted by molar-refractivity contribution is 0.0977. The summed E-state index contributed by atoms with van der Waals surface area (Å²) in [5.41, 5.74) is 3.71. The Kier molecular flexibility index (Phi) is 4.36. The number of thiocarbonyl (C=S) groups is 1. The Bertz CT molecular complexity index is 869. The van der Waals surface area contributed by atoms with E-state index < -0.39 is 0 Å². The number of hydrogen-bond donors (Lipinski definition) is 2. The minimum Gasteiger partial charge on any atom is -0.308 e. The van der Waals surface area contributed by atoms with Gasteiger partial charge in [0.05, 0.1) is 10.2 Å². The average Bonchev–Trinajstić information content (AvgIpc) is 2.91. The molecule has 0 saturated heterocycles. The molecule has 0 aliphatic carbocycles. The molecule has 0 atom stereocenters. The molecule has 23 heavy (non-hydrogen) atoms. The van der Waals surface area contributed by atoms with E-state index in [9.17, 15) is 4.79 Å². The van der Waals surface area contributed by atoms with E-state index >= 15 is 0 Å². The number of thiazole rings is 1. The van der Waals surface area contributed by atoms with E-state index in [2.05, 4.69) is 15.6 Å². The fourth-order valence-corrected chi connectivity index (χ4v) is 3.24. The zero-order valence-corrected chi connectivity index (χ0v) is 14.3. The van der Waals surface area contributed by atoms with Gasteiger partial charge in [0.2, 0.25) is 0 Å². The molecule has 0 spiro atoms. The molecule has 3 aromatic rings. The number of rotatable bonds is 2. The van der Waals surface area contributed by atoms with Crippen molar-refractivity contribution in [1.82, 2.24) is 10.3 Å². The number of nitrogens with one attached hydrogen (secondary N) is 2. The summed E-state index contributed by atoms with van der Waals surface area (Å²) in [6.45, 7) is 3.99. The van der Waals surface area contributed by atoms with E-state index in [-0.39, 0.29) is 11.0 Å². The summed E-state index contributed by atoms with van der Waals surface area (Å²) in [5, 5.41) is 6.56. The summed E-state index contributed by atoms with van der Waals surface area (Å²) in [7, 11) is 0. The van der Waals surface area contributed by atoms with Gasteiger partial charge in [-0.3, -0.25) is 10.1 Å². The third-order valence-electron chi connectivity index (χ3n) is 3.51. The lowest BCUT2D eigenvalue weighted by atomic mass is 10.1. The predicted octanol–water partition coefficient (Wildman–Crippen LogP) is 4.04. The van der Waals surface area contributed by atoms with E-state index in [4.69, 9.17) is 12.2 Å². The first kappa shape index (κ1) is 15.6. The van der Waals surface area contributed by atoms with Crippen molar-refractivity contribution in [2.75, 3.05) is 5.32 Å². The Hall–Kier alpha value is -2.31. The fourth-order valence-electron chi connectivity index (χ4n) is 2.11. The van der Waals surface area contributed by atoms with Crippen LogP contribution in [0, 0.1) is 13.8 Å². The van der Waals surface area contributed by atoms with Crippen LogP contribution in [0.15, 0.2) is 42.5 Å². The van der Waals surface area contributed by atoms with Crippen molar-refractivity contribution < 1.29 is 4.79 Å². The third-order valence-corrected chi connectivity index (χ3v) is 4.67. The zero-order valence-electron chi connectivity index (χ0n) is 12.7. The molecule has 0 saturated carbocycles. The molecule has 1 heterocycles. The predicted molar refractivity (Wildman–Crippen MR) is 99.2 cm³/mol. The first-order valence-electron chi connectivity index (χ1n) is 7.08. The third kappa shape index (κ3) is 3.55. The van der Waals surface area contributed by atoms with Crippen molar-refractivity contribution in [3.63, 3.8) is 0 Å². The maximum Gasteiger partial charge on any atom is 0.257 e. The Morgan fingerprint density at radius 2 is 1.91 bits per heavy atom. The van der Waals surface area contributed by atoms with E-state index in [1.165, 1.54) is 11.3 Å². The molecule has 2 aromatic carbocycles. The average molecular weight is 341 g/mol. The van der Waals surface area contributed by atoms with Crippen LogP contribution in [-0.2, 0) is 0 Å². The Labute approximate surface area is 143 Å². The maximum atomic E-state index is 12.2. The van der Waals surface area contributed by atoms with Gasteiger partial charge in [0.1, 0.15) is 0 Å². The molecule has 0 bridgehead atoms. The standard InChI is InChI=1S/C17H15N3OS2/c1-10-7-8-12(9-11(10)2)15(21)19-16(22)20-17-18-13-5-3-4-6-14(13)23-17/h3-9H,1-2H3,(H2,18,19,20,21,22). The van der Waals surface area contributed by atoms with E-state index in [0.29, 0.717) is 10.7 Å². The molecule has 0 radical (unpaired) electrons. The normalized spacial score (nSPS) is 10.5. The highest BCUT2D eigenvalue weighted by atomic mass is 32.1. The highest BCUT2D eigenvalue weighted by molar-refractivity contribution is 7.80. The molecule has 0 unspecified atom stereocenters. The number of carbonyl (C=O) groups is 1. The van der Waals surface area contributed by atoms with Crippen LogP contribution >= 0.6 is 23.6 Å². The summed E-state index contributed by atoms with van der Waals surface area (Å²) in [5.74, 6) is -0.230. The molecular weight excluding hydrogens is 326 g/mol. The number of benzene rings is 2. The van der Waals surface area contributed by atoms with E-state index in [0.717, 1.165) is 21.3 Å². The molecule has 0 aliphatic rings. The number of nitrogens with zero attached hydrogens (tertiary/aromatic N) is 1. The van der Waals surface area contributed by atoms with Gasteiger partial charge in [0, 0.05) is 5.56 Å². The number of aromatic nitrogens is 1. The quantitative estimate of drug-likeness (QED) is 0.691. The first-order valence-corrected chi connectivity index (χ1v) is 8.30. The molecule has 1 aromatic heterocycles. The number of anilines is 1. The molecular formula is C17H15N3OS2. The van der Waals surface area contributed by atoms with Gasteiger partial charge in [-0.2, -0.15) is 0 Å². The fraction of sp³-hybridized carbons (Fsp3) is 0.118. The van der Waals surface area contributed by atoms with Gasteiger partial charge in [0.15, 0.2) is 10.2 Å². The van der Waals surface area contributed by atoms with Crippen LogP contribution in [0.1, 0.15) is 21.5 Å². The molecule has 1 amide bonds. The van der Waals surface area contributed by atoms with Gasteiger partial charge in [-0.15, -0.1) is 0 Å². The monoisotopic (exact) mass is 341 g/mol. The molecule has 116 valence electrons. The second-order valence-electron chi connectivity index (χ2n) is 5.19. The maximum absolute atomic E-state index is 12.2. The number of aryl methyl sites for hydroxylation is 2. The second kappa shape index (κ2) is 6.44. The summed E-state index contributed by atoms with van der Waals surface area (Å²) >= 11 is 6.69. The summed E-state index contributed by atoms with van der Waals surface area (Å²) in [4.78, 5) is 16.7. The minimum atomic E-state index is -0.230. The number of carbonyl (C=O) groups excluding carboxylic acids is 1. The van der Waals surface area contributed by atoms with Crippen LogP contribution in [-0.4, -0.2) is 16.0 Å². The van der Waals surface area contributed by atoms with Crippen molar-refractivity contribution in [2.45, 2.75) is 13.8 Å². The van der Waals surface area contributed by atoms with Gasteiger partial charge < -0.3 is 5.32 Å². The van der Waals surface area contributed by atoms with Crippen LogP contribution in [0.2, 0.25) is 0 Å².